The summed E-state index contributed by atoms with van der Waals surface area (Å²) >= 11 is 0. The molecule has 0 unspecified atom stereocenters. The molecule has 3 rings (SSSR count). The number of hydrogen-bond acceptors (Lipinski definition) is 3. The van der Waals surface area contributed by atoms with E-state index < -0.39 is 5.54 Å². The van der Waals surface area contributed by atoms with Gasteiger partial charge < -0.3 is 10.1 Å². The molecule has 0 atom stereocenters. The van der Waals surface area contributed by atoms with E-state index in [-0.39, 0.29) is 0 Å². The Morgan fingerprint density at radius 2 is 1.92 bits per heavy atom. The highest BCUT2D eigenvalue weighted by Crippen LogP contribution is 2.42. The van der Waals surface area contributed by atoms with Gasteiger partial charge in [0.05, 0.1) is 6.07 Å². The van der Waals surface area contributed by atoms with Crippen LogP contribution in [0, 0.1) is 11.3 Å². The number of rotatable bonds is 6. The van der Waals surface area contributed by atoms with Crippen molar-refractivity contribution in [2.45, 2.75) is 51.2 Å². The van der Waals surface area contributed by atoms with Gasteiger partial charge in [-0.2, -0.15) is 5.26 Å². The predicted molar refractivity (Wildman–Crippen MR) is 97.1 cm³/mol. The Hall–Kier alpha value is -2.47. The zero-order valence-corrected chi connectivity index (χ0v) is 14.4. The largest absolute Gasteiger partial charge is 0.489 e. The van der Waals surface area contributed by atoms with E-state index in [1.807, 2.05) is 44.2 Å². The van der Waals surface area contributed by atoms with Crippen LogP contribution in [-0.4, -0.2) is 5.54 Å². The molecular formula is C21H24N2O. The summed E-state index contributed by atoms with van der Waals surface area (Å²) in [5.41, 5.74) is 2.83. The first kappa shape index (κ1) is 16.4. The summed E-state index contributed by atoms with van der Waals surface area (Å²) < 4.78 is 6.10. The molecule has 2 aromatic rings. The van der Waals surface area contributed by atoms with Crippen molar-refractivity contribution in [3.05, 3.63) is 59.7 Å². The lowest BCUT2D eigenvalue weighted by Crippen LogP contribution is -2.28. The average molecular weight is 320 g/mol. The van der Waals surface area contributed by atoms with Crippen LogP contribution in [0.5, 0.6) is 5.75 Å². The molecule has 0 spiro atoms. The van der Waals surface area contributed by atoms with Gasteiger partial charge in [-0.05, 0) is 61.9 Å². The number of nitriles is 1. The van der Waals surface area contributed by atoms with Crippen LogP contribution in [0.1, 0.15) is 50.2 Å². The summed E-state index contributed by atoms with van der Waals surface area (Å²) in [5, 5.41) is 12.5. The summed E-state index contributed by atoms with van der Waals surface area (Å²) in [6.45, 7) is 4.35. The molecule has 1 N–H and O–H groups in total. The maximum absolute atomic E-state index is 9.22. The predicted octanol–water partition coefficient (Wildman–Crippen LogP) is 5.25. The SMILES string of the molecule is CC(C)(C#N)Nc1ccc(OCc2ccccc2)c(C2CCC2)c1. The van der Waals surface area contributed by atoms with Gasteiger partial charge in [0.15, 0.2) is 0 Å². The highest BCUT2D eigenvalue weighted by Gasteiger charge is 2.24. The topological polar surface area (TPSA) is 45.0 Å². The molecule has 1 aliphatic rings. The molecule has 0 bridgehead atoms. The van der Waals surface area contributed by atoms with Crippen LogP contribution in [0.2, 0.25) is 0 Å². The molecule has 1 aliphatic carbocycles. The Balaban J connectivity index is 1.79. The second-order valence-electron chi connectivity index (χ2n) is 7.02. The molecular weight excluding hydrogens is 296 g/mol. The summed E-state index contributed by atoms with van der Waals surface area (Å²) in [5.74, 6) is 1.53. The van der Waals surface area contributed by atoms with E-state index in [1.54, 1.807) is 0 Å². The number of hydrogen-bond donors (Lipinski definition) is 1. The molecule has 24 heavy (non-hydrogen) atoms. The van der Waals surface area contributed by atoms with Crippen LogP contribution in [0.4, 0.5) is 5.69 Å². The normalized spacial score (nSPS) is 14.5. The van der Waals surface area contributed by atoms with Crippen molar-refractivity contribution in [1.82, 2.24) is 0 Å². The maximum Gasteiger partial charge on any atom is 0.123 e. The fourth-order valence-electron chi connectivity index (χ4n) is 2.92. The Morgan fingerprint density at radius 1 is 1.17 bits per heavy atom. The van der Waals surface area contributed by atoms with E-state index in [0.717, 1.165) is 11.4 Å². The minimum atomic E-state index is -0.580. The van der Waals surface area contributed by atoms with E-state index >= 15 is 0 Å². The van der Waals surface area contributed by atoms with Gasteiger partial charge >= 0.3 is 0 Å². The summed E-state index contributed by atoms with van der Waals surface area (Å²) in [6.07, 6.45) is 3.71. The van der Waals surface area contributed by atoms with Crippen LogP contribution in [0.3, 0.4) is 0 Å². The molecule has 0 aromatic heterocycles. The fourth-order valence-corrected chi connectivity index (χ4v) is 2.92. The van der Waals surface area contributed by atoms with Gasteiger partial charge in [-0.3, -0.25) is 0 Å². The first-order valence-electron chi connectivity index (χ1n) is 8.57. The third-order valence-corrected chi connectivity index (χ3v) is 4.53. The molecule has 3 nitrogen and oxygen atoms in total. The second kappa shape index (κ2) is 6.97. The zero-order valence-electron chi connectivity index (χ0n) is 14.4. The highest BCUT2D eigenvalue weighted by molar-refractivity contribution is 5.55. The number of ether oxygens (including phenoxy) is 1. The Morgan fingerprint density at radius 3 is 2.54 bits per heavy atom. The third-order valence-electron chi connectivity index (χ3n) is 4.53. The summed E-state index contributed by atoms with van der Waals surface area (Å²) in [7, 11) is 0. The van der Waals surface area contributed by atoms with Crippen molar-refractivity contribution in [3.8, 4) is 11.8 Å². The molecule has 0 radical (unpaired) electrons. The van der Waals surface area contributed by atoms with Gasteiger partial charge in [-0.25, -0.2) is 0 Å². The molecule has 0 aliphatic heterocycles. The minimum Gasteiger partial charge on any atom is -0.489 e. The Bertz CT molecular complexity index is 727. The first-order chi connectivity index (χ1) is 11.6. The van der Waals surface area contributed by atoms with Crippen LogP contribution >= 0.6 is 0 Å². The fraction of sp³-hybridized carbons (Fsp3) is 0.381. The lowest BCUT2D eigenvalue weighted by atomic mass is 9.79. The standard InChI is InChI=1S/C21H24N2O/c1-21(2,15-22)23-18-11-12-20(19(13-18)17-9-6-10-17)24-14-16-7-4-3-5-8-16/h3-5,7-8,11-13,17,23H,6,9-10,14H2,1-2H3. The van der Waals surface area contributed by atoms with Crippen LogP contribution in [0.15, 0.2) is 48.5 Å². The molecule has 124 valence electrons. The quantitative estimate of drug-likeness (QED) is 0.791. The molecule has 1 fully saturated rings. The average Bonchev–Trinajstić information content (AvgIpc) is 2.53. The molecule has 3 heteroatoms. The van der Waals surface area contributed by atoms with Crippen molar-refractivity contribution in [1.29, 1.82) is 5.26 Å². The van der Waals surface area contributed by atoms with Gasteiger partial charge in [0.2, 0.25) is 0 Å². The Kier molecular flexibility index (Phi) is 4.76. The Labute approximate surface area is 144 Å². The zero-order chi connectivity index (χ0) is 17.0. The maximum atomic E-state index is 9.22. The monoisotopic (exact) mass is 320 g/mol. The van der Waals surface area contributed by atoms with Gasteiger partial charge in [0.1, 0.15) is 17.9 Å². The molecule has 2 aromatic carbocycles. The van der Waals surface area contributed by atoms with Crippen LogP contribution in [0.25, 0.3) is 0 Å². The number of benzene rings is 2. The third kappa shape index (κ3) is 3.89. The summed E-state index contributed by atoms with van der Waals surface area (Å²) in [4.78, 5) is 0. The second-order valence-corrected chi connectivity index (χ2v) is 7.02. The minimum absolute atomic E-state index is 0.572. The van der Waals surface area contributed by atoms with Gasteiger partial charge in [-0.15, -0.1) is 0 Å². The van der Waals surface area contributed by atoms with E-state index in [2.05, 4.69) is 29.6 Å². The van der Waals surface area contributed by atoms with E-state index in [9.17, 15) is 5.26 Å². The number of nitrogens with one attached hydrogen (secondary N) is 1. The van der Waals surface area contributed by atoms with Crippen LogP contribution in [-0.2, 0) is 6.61 Å². The van der Waals surface area contributed by atoms with Gasteiger partial charge in [-0.1, -0.05) is 36.8 Å². The molecule has 0 saturated heterocycles. The van der Waals surface area contributed by atoms with Crippen LogP contribution < -0.4 is 10.1 Å². The van der Waals surface area contributed by atoms with Crippen molar-refractivity contribution in [3.63, 3.8) is 0 Å². The van der Waals surface area contributed by atoms with Gasteiger partial charge in [0, 0.05) is 5.69 Å². The molecule has 1 saturated carbocycles. The highest BCUT2D eigenvalue weighted by atomic mass is 16.5. The van der Waals surface area contributed by atoms with E-state index in [1.165, 1.54) is 30.4 Å². The lowest BCUT2D eigenvalue weighted by Gasteiger charge is -2.29. The van der Waals surface area contributed by atoms with E-state index in [0.29, 0.717) is 12.5 Å². The van der Waals surface area contributed by atoms with Crippen molar-refractivity contribution < 1.29 is 4.74 Å². The van der Waals surface area contributed by atoms with Crippen molar-refractivity contribution >= 4 is 5.69 Å². The first-order valence-corrected chi connectivity index (χ1v) is 8.57. The van der Waals surface area contributed by atoms with Gasteiger partial charge in [0.25, 0.3) is 0 Å². The van der Waals surface area contributed by atoms with E-state index in [4.69, 9.17) is 4.74 Å². The smallest absolute Gasteiger partial charge is 0.123 e. The lowest BCUT2D eigenvalue weighted by molar-refractivity contribution is 0.294. The number of anilines is 1. The van der Waals surface area contributed by atoms with Crippen molar-refractivity contribution in [2.75, 3.05) is 5.32 Å². The van der Waals surface area contributed by atoms with Crippen molar-refractivity contribution in [2.24, 2.45) is 0 Å². The molecule has 0 heterocycles. The molecule has 0 amide bonds. The number of nitrogens with zero attached hydrogens (tertiary/aromatic N) is 1. The summed E-state index contributed by atoms with van der Waals surface area (Å²) in [6, 6.07) is 18.7.